The summed E-state index contributed by atoms with van der Waals surface area (Å²) in [7, 11) is 1.88. The van der Waals surface area contributed by atoms with Crippen LogP contribution in [0.2, 0.25) is 0 Å². The molecule has 3 rings (SSSR count). The number of hydrogen-bond acceptors (Lipinski definition) is 4. The van der Waals surface area contributed by atoms with Crippen LogP contribution >= 0.6 is 0 Å². The lowest BCUT2D eigenvalue weighted by molar-refractivity contribution is -0.123. The van der Waals surface area contributed by atoms with Gasteiger partial charge in [-0.05, 0) is 50.9 Å². The van der Waals surface area contributed by atoms with E-state index in [1.165, 1.54) is 0 Å². The van der Waals surface area contributed by atoms with Crippen LogP contribution in [0.3, 0.4) is 0 Å². The first-order valence-corrected chi connectivity index (χ1v) is 9.48. The summed E-state index contributed by atoms with van der Waals surface area (Å²) in [6.45, 7) is 5.25. The molecule has 2 heterocycles. The van der Waals surface area contributed by atoms with Crippen LogP contribution in [-0.2, 0) is 14.3 Å². The Kier molecular flexibility index (Phi) is 6.84. The summed E-state index contributed by atoms with van der Waals surface area (Å²) in [5.74, 6) is 0.370. The zero-order valence-electron chi connectivity index (χ0n) is 15.2. The minimum absolute atomic E-state index is 0.134. The van der Waals surface area contributed by atoms with E-state index in [9.17, 15) is 4.79 Å². The van der Waals surface area contributed by atoms with E-state index in [0.717, 1.165) is 70.8 Å². The van der Waals surface area contributed by atoms with Crippen LogP contribution in [0.1, 0.15) is 25.7 Å². The van der Waals surface area contributed by atoms with Crippen molar-refractivity contribution in [1.29, 1.82) is 0 Å². The molecule has 1 aromatic rings. The highest BCUT2D eigenvalue weighted by molar-refractivity contribution is 5.94. The van der Waals surface area contributed by atoms with Gasteiger partial charge in [-0.2, -0.15) is 0 Å². The van der Waals surface area contributed by atoms with E-state index in [1.807, 2.05) is 37.4 Å². The van der Waals surface area contributed by atoms with Crippen molar-refractivity contribution in [3.8, 4) is 0 Å². The highest BCUT2D eigenvalue weighted by atomic mass is 16.5. The molecule has 0 saturated carbocycles. The van der Waals surface area contributed by atoms with Gasteiger partial charge in [-0.25, -0.2) is 0 Å². The summed E-state index contributed by atoms with van der Waals surface area (Å²) >= 11 is 0. The van der Waals surface area contributed by atoms with Crippen LogP contribution in [0.4, 0.5) is 5.69 Å². The smallest absolute Gasteiger partial charge is 0.229 e. The van der Waals surface area contributed by atoms with Crippen molar-refractivity contribution in [1.82, 2.24) is 4.90 Å². The fraction of sp³-hybridized carbons (Fsp3) is 0.650. The summed E-state index contributed by atoms with van der Waals surface area (Å²) in [4.78, 5) is 16.9. The number of piperidine rings is 1. The van der Waals surface area contributed by atoms with Crippen LogP contribution in [0.25, 0.3) is 0 Å². The zero-order valence-corrected chi connectivity index (χ0v) is 15.2. The molecule has 1 unspecified atom stereocenters. The lowest BCUT2D eigenvalue weighted by Gasteiger charge is -2.33. The topological polar surface area (TPSA) is 42.0 Å². The van der Waals surface area contributed by atoms with E-state index in [0.29, 0.717) is 6.10 Å². The summed E-state index contributed by atoms with van der Waals surface area (Å²) in [6.07, 6.45) is 4.45. The Labute approximate surface area is 150 Å². The largest absolute Gasteiger partial charge is 0.377 e. The predicted octanol–water partition coefficient (Wildman–Crippen LogP) is 2.56. The Balaban J connectivity index is 1.34. The minimum Gasteiger partial charge on any atom is -0.377 e. The van der Waals surface area contributed by atoms with Crippen LogP contribution in [0.15, 0.2) is 30.3 Å². The van der Waals surface area contributed by atoms with Crippen molar-refractivity contribution >= 4 is 11.6 Å². The second-order valence-electron chi connectivity index (χ2n) is 7.06. The Morgan fingerprint density at radius 2 is 2.00 bits per heavy atom. The third kappa shape index (κ3) is 5.27. The fourth-order valence-electron chi connectivity index (χ4n) is 3.64. The number of carbonyl (C=O) groups is 1. The molecule has 5 nitrogen and oxygen atoms in total. The molecule has 1 atom stereocenters. The molecule has 25 heavy (non-hydrogen) atoms. The van der Waals surface area contributed by atoms with Crippen molar-refractivity contribution < 1.29 is 14.3 Å². The SMILES string of the molecule is CN(C(=O)C1CCN(CCOCC2CCCO2)CC1)c1ccccc1. The number of ether oxygens (including phenoxy) is 2. The van der Waals surface area contributed by atoms with Crippen LogP contribution in [0.5, 0.6) is 0 Å². The molecule has 0 spiro atoms. The van der Waals surface area contributed by atoms with Crippen molar-refractivity contribution in [2.24, 2.45) is 5.92 Å². The molecule has 2 aliphatic rings. The van der Waals surface area contributed by atoms with E-state index in [4.69, 9.17) is 9.47 Å². The van der Waals surface area contributed by atoms with Crippen molar-refractivity contribution in [2.75, 3.05) is 51.4 Å². The van der Waals surface area contributed by atoms with Gasteiger partial charge in [0.2, 0.25) is 5.91 Å². The molecule has 2 fully saturated rings. The summed E-state index contributed by atoms with van der Waals surface area (Å²) < 4.78 is 11.3. The van der Waals surface area contributed by atoms with Crippen LogP contribution < -0.4 is 4.90 Å². The number of benzene rings is 1. The summed E-state index contributed by atoms with van der Waals surface area (Å²) in [5.41, 5.74) is 0.970. The van der Waals surface area contributed by atoms with E-state index in [-0.39, 0.29) is 11.8 Å². The first-order valence-electron chi connectivity index (χ1n) is 9.48. The molecule has 0 N–H and O–H groups in total. The van der Waals surface area contributed by atoms with Gasteiger partial charge in [0.25, 0.3) is 0 Å². The predicted molar refractivity (Wildman–Crippen MR) is 98.8 cm³/mol. The Bertz CT molecular complexity index is 523. The van der Waals surface area contributed by atoms with Crippen LogP contribution in [-0.4, -0.2) is 63.4 Å². The van der Waals surface area contributed by atoms with Gasteiger partial charge in [-0.15, -0.1) is 0 Å². The molecule has 2 saturated heterocycles. The van der Waals surface area contributed by atoms with Gasteiger partial charge in [0, 0.05) is 31.8 Å². The third-order valence-electron chi connectivity index (χ3n) is 5.29. The highest BCUT2D eigenvalue weighted by Crippen LogP contribution is 2.22. The summed E-state index contributed by atoms with van der Waals surface area (Å²) in [6, 6.07) is 9.88. The van der Waals surface area contributed by atoms with Gasteiger partial charge >= 0.3 is 0 Å². The summed E-state index contributed by atoms with van der Waals surface area (Å²) in [5, 5.41) is 0. The van der Waals surface area contributed by atoms with E-state index in [2.05, 4.69) is 4.90 Å². The first-order chi connectivity index (χ1) is 12.2. The molecule has 5 heteroatoms. The number of likely N-dealkylation sites (tertiary alicyclic amines) is 1. The molecule has 0 bridgehead atoms. The minimum atomic E-state index is 0.134. The van der Waals surface area contributed by atoms with Crippen molar-refractivity contribution in [3.05, 3.63) is 30.3 Å². The average molecular weight is 346 g/mol. The third-order valence-corrected chi connectivity index (χ3v) is 5.29. The molecule has 138 valence electrons. The maximum atomic E-state index is 12.7. The van der Waals surface area contributed by atoms with Gasteiger partial charge in [0.1, 0.15) is 0 Å². The number of para-hydroxylation sites is 1. The number of nitrogens with zero attached hydrogens (tertiary/aromatic N) is 2. The number of carbonyl (C=O) groups excluding carboxylic acids is 1. The van der Waals surface area contributed by atoms with Gasteiger partial charge in [-0.1, -0.05) is 18.2 Å². The lowest BCUT2D eigenvalue weighted by Crippen LogP contribution is -2.42. The number of amides is 1. The van der Waals surface area contributed by atoms with Crippen molar-refractivity contribution in [2.45, 2.75) is 31.8 Å². The molecule has 0 aromatic heterocycles. The molecule has 0 radical (unpaired) electrons. The normalized spacial score (nSPS) is 22.2. The molecule has 1 amide bonds. The first kappa shape index (κ1) is 18.4. The quantitative estimate of drug-likeness (QED) is 0.712. The van der Waals surface area contributed by atoms with Gasteiger partial charge in [-0.3, -0.25) is 4.79 Å². The highest BCUT2D eigenvalue weighted by Gasteiger charge is 2.27. The maximum absolute atomic E-state index is 12.7. The van der Waals surface area contributed by atoms with E-state index >= 15 is 0 Å². The fourth-order valence-corrected chi connectivity index (χ4v) is 3.64. The second kappa shape index (κ2) is 9.32. The number of rotatable bonds is 7. The Hall–Kier alpha value is -1.43. The molecule has 0 aliphatic carbocycles. The maximum Gasteiger partial charge on any atom is 0.229 e. The lowest BCUT2D eigenvalue weighted by atomic mass is 9.95. The van der Waals surface area contributed by atoms with Crippen LogP contribution in [0, 0.1) is 5.92 Å². The van der Waals surface area contributed by atoms with Gasteiger partial charge < -0.3 is 19.3 Å². The monoisotopic (exact) mass is 346 g/mol. The standard InChI is InChI=1S/C20H30N2O3/c1-21(18-6-3-2-4-7-18)20(23)17-9-11-22(12-10-17)13-15-24-16-19-8-5-14-25-19/h2-4,6-7,17,19H,5,8-16H2,1H3. The Morgan fingerprint density at radius 1 is 1.24 bits per heavy atom. The molecular formula is C20H30N2O3. The zero-order chi connectivity index (χ0) is 17.5. The van der Waals surface area contributed by atoms with Gasteiger partial charge in [0.15, 0.2) is 0 Å². The second-order valence-corrected chi connectivity index (χ2v) is 7.06. The number of hydrogen-bond donors (Lipinski definition) is 0. The molecular weight excluding hydrogens is 316 g/mol. The molecule has 1 aromatic carbocycles. The Morgan fingerprint density at radius 3 is 2.68 bits per heavy atom. The van der Waals surface area contributed by atoms with E-state index in [1.54, 1.807) is 4.90 Å². The number of anilines is 1. The molecule has 2 aliphatic heterocycles. The van der Waals surface area contributed by atoms with Gasteiger partial charge in [0.05, 0.1) is 19.3 Å². The average Bonchev–Trinajstić information content (AvgIpc) is 3.19. The van der Waals surface area contributed by atoms with E-state index < -0.39 is 0 Å². The van der Waals surface area contributed by atoms with Crippen molar-refractivity contribution in [3.63, 3.8) is 0 Å².